The molecule has 1 unspecified atom stereocenters. The molecular weight excluding hydrogens is 502 g/mol. The Morgan fingerprint density at radius 2 is 1.89 bits per heavy atom. The molecule has 0 N–H and O–H groups in total. The van der Waals surface area contributed by atoms with E-state index in [-0.39, 0.29) is 6.04 Å². The first-order valence-electron chi connectivity index (χ1n) is 12.7. The molecule has 5 nitrogen and oxygen atoms in total. The van der Waals surface area contributed by atoms with E-state index in [4.69, 9.17) is 21.1 Å². The molecule has 4 aromatic rings. The summed E-state index contributed by atoms with van der Waals surface area (Å²) in [6, 6.07) is 23.0. The minimum atomic E-state index is 0.153. The quantitative estimate of drug-likeness (QED) is 0.215. The lowest BCUT2D eigenvalue weighted by atomic mass is 10.0. The normalized spacial score (nSPS) is 14.8. The van der Waals surface area contributed by atoms with E-state index in [1.165, 1.54) is 10.5 Å². The van der Waals surface area contributed by atoms with Crippen molar-refractivity contribution in [2.24, 2.45) is 0 Å². The number of morpholine rings is 1. The number of anilines is 1. The highest BCUT2D eigenvalue weighted by Crippen LogP contribution is 2.37. The van der Waals surface area contributed by atoms with Crippen LogP contribution in [0.5, 0.6) is 11.6 Å². The van der Waals surface area contributed by atoms with E-state index >= 15 is 0 Å². The number of halogens is 1. The fourth-order valence-corrected chi connectivity index (χ4v) is 5.88. The molecule has 0 spiro atoms. The first kappa shape index (κ1) is 25.9. The van der Waals surface area contributed by atoms with E-state index in [1.54, 1.807) is 11.9 Å². The molecule has 0 aliphatic carbocycles. The van der Waals surface area contributed by atoms with Crippen LogP contribution in [0.4, 0.5) is 5.69 Å². The van der Waals surface area contributed by atoms with E-state index in [9.17, 15) is 0 Å². The van der Waals surface area contributed by atoms with Crippen LogP contribution < -0.4 is 9.64 Å². The van der Waals surface area contributed by atoms with E-state index in [1.807, 2.05) is 30.5 Å². The second kappa shape index (κ2) is 11.7. The third-order valence-corrected chi connectivity index (χ3v) is 8.26. The van der Waals surface area contributed by atoms with Gasteiger partial charge in [0.05, 0.1) is 13.2 Å². The minimum Gasteiger partial charge on any atom is -0.439 e. The molecule has 1 aromatic heterocycles. The standard InChI is InChI=1S/C30H32ClN3O2S/c1-4-26-27(21(2)33(3)37-25-11-12-28-22(19-25)7-5-10-29(28)31)13-14-32-30(26)36-24-9-6-8-23(20-24)34-15-17-35-18-16-34/h5-14,19-21H,4,15-18H2,1-3H3. The van der Waals surface area contributed by atoms with E-state index in [0.29, 0.717) is 5.88 Å². The molecule has 5 rings (SSSR count). The Labute approximate surface area is 228 Å². The summed E-state index contributed by atoms with van der Waals surface area (Å²) in [5, 5.41) is 3.00. The van der Waals surface area contributed by atoms with Crippen LogP contribution in [-0.2, 0) is 11.2 Å². The second-order valence-corrected chi connectivity index (χ2v) is 10.8. The van der Waals surface area contributed by atoms with E-state index < -0.39 is 0 Å². The topological polar surface area (TPSA) is 37.8 Å². The zero-order valence-corrected chi connectivity index (χ0v) is 23.1. The maximum absolute atomic E-state index is 6.37. The van der Waals surface area contributed by atoms with Crippen LogP contribution >= 0.6 is 23.5 Å². The van der Waals surface area contributed by atoms with Gasteiger partial charge in [-0.2, -0.15) is 0 Å². The van der Waals surface area contributed by atoms with Crippen molar-refractivity contribution in [1.29, 1.82) is 0 Å². The fourth-order valence-electron chi connectivity index (χ4n) is 4.72. The van der Waals surface area contributed by atoms with Crippen molar-refractivity contribution in [2.75, 3.05) is 38.3 Å². The molecule has 1 aliphatic heterocycles. The van der Waals surface area contributed by atoms with Crippen LogP contribution in [0.25, 0.3) is 10.8 Å². The van der Waals surface area contributed by atoms with Crippen LogP contribution in [-0.4, -0.2) is 42.6 Å². The fraction of sp³-hybridized carbons (Fsp3) is 0.300. The van der Waals surface area contributed by atoms with Crippen LogP contribution in [0.15, 0.2) is 77.8 Å². The van der Waals surface area contributed by atoms with Crippen LogP contribution in [0.1, 0.15) is 31.0 Å². The summed E-state index contributed by atoms with van der Waals surface area (Å²) in [7, 11) is 2.13. The number of aromatic nitrogens is 1. The highest BCUT2D eigenvalue weighted by Gasteiger charge is 2.20. The smallest absolute Gasteiger partial charge is 0.222 e. The third-order valence-electron chi connectivity index (χ3n) is 6.86. The number of rotatable bonds is 8. The number of benzene rings is 3. The lowest BCUT2D eigenvalue weighted by Crippen LogP contribution is -2.36. The SMILES string of the molecule is CCc1c(C(C)N(C)Sc2ccc3c(Cl)cccc3c2)ccnc1Oc1cccc(N2CCOCC2)c1. The first-order valence-corrected chi connectivity index (χ1v) is 13.9. The molecular formula is C30H32ClN3O2S. The monoisotopic (exact) mass is 533 g/mol. The maximum Gasteiger partial charge on any atom is 0.222 e. The minimum absolute atomic E-state index is 0.153. The Morgan fingerprint density at radius 3 is 2.70 bits per heavy atom. The van der Waals surface area contributed by atoms with Gasteiger partial charge in [0.1, 0.15) is 5.75 Å². The molecule has 2 heterocycles. The molecule has 37 heavy (non-hydrogen) atoms. The van der Waals surface area contributed by atoms with Crippen molar-refractivity contribution in [3.63, 3.8) is 0 Å². The lowest BCUT2D eigenvalue weighted by molar-refractivity contribution is 0.122. The van der Waals surface area contributed by atoms with Gasteiger partial charge < -0.3 is 14.4 Å². The molecule has 0 saturated carbocycles. The van der Waals surface area contributed by atoms with Gasteiger partial charge >= 0.3 is 0 Å². The summed E-state index contributed by atoms with van der Waals surface area (Å²) in [5.74, 6) is 1.47. The molecule has 1 atom stereocenters. The van der Waals surface area contributed by atoms with Gasteiger partial charge in [-0.15, -0.1) is 0 Å². The molecule has 1 fully saturated rings. The van der Waals surface area contributed by atoms with Gasteiger partial charge in [-0.3, -0.25) is 0 Å². The predicted molar refractivity (Wildman–Crippen MR) is 154 cm³/mol. The molecule has 0 radical (unpaired) electrons. The first-order chi connectivity index (χ1) is 18.0. The van der Waals surface area contributed by atoms with Gasteiger partial charge in [0.15, 0.2) is 0 Å². The molecule has 3 aromatic carbocycles. The number of fused-ring (bicyclic) bond motifs is 1. The van der Waals surface area contributed by atoms with E-state index in [0.717, 1.165) is 65.5 Å². The summed E-state index contributed by atoms with van der Waals surface area (Å²) in [4.78, 5) is 8.13. The van der Waals surface area contributed by atoms with Crippen molar-refractivity contribution in [2.45, 2.75) is 31.2 Å². The summed E-state index contributed by atoms with van der Waals surface area (Å²) in [5.41, 5.74) is 3.50. The highest BCUT2D eigenvalue weighted by molar-refractivity contribution is 7.97. The van der Waals surface area contributed by atoms with Gasteiger partial charge in [0, 0.05) is 57.9 Å². The predicted octanol–water partition coefficient (Wildman–Crippen LogP) is 7.78. The summed E-state index contributed by atoms with van der Waals surface area (Å²) in [6.45, 7) is 7.68. The summed E-state index contributed by atoms with van der Waals surface area (Å²) >= 11 is 8.08. The van der Waals surface area contributed by atoms with Gasteiger partial charge in [0.25, 0.3) is 0 Å². The Morgan fingerprint density at radius 1 is 1.08 bits per heavy atom. The second-order valence-electron chi connectivity index (χ2n) is 9.17. The van der Waals surface area contributed by atoms with Gasteiger partial charge in [-0.05, 0) is 79.7 Å². The molecule has 1 aliphatic rings. The van der Waals surface area contributed by atoms with Gasteiger partial charge in [0.2, 0.25) is 5.88 Å². The zero-order valence-electron chi connectivity index (χ0n) is 21.5. The van der Waals surface area contributed by atoms with Crippen LogP contribution in [0.2, 0.25) is 5.02 Å². The Kier molecular flexibility index (Phi) is 8.20. The lowest BCUT2D eigenvalue weighted by Gasteiger charge is -2.29. The van der Waals surface area contributed by atoms with Gasteiger partial charge in [-0.1, -0.05) is 42.8 Å². The van der Waals surface area contributed by atoms with Crippen molar-refractivity contribution in [3.05, 3.63) is 89.1 Å². The molecule has 192 valence electrons. The number of ether oxygens (including phenoxy) is 2. The maximum atomic E-state index is 6.37. The number of pyridine rings is 1. The van der Waals surface area contributed by atoms with Crippen molar-refractivity contribution in [3.8, 4) is 11.6 Å². The Bertz CT molecular complexity index is 1380. The molecule has 0 bridgehead atoms. The van der Waals surface area contributed by atoms with Crippen molar-refractivity contribution < 1.29 is 9.47 Å². The number of hydrogen-bond donors (Lipinski definition) is 0. The summed E-state index contributed by atoms with van der Waals surface area (Å²) in [6.07, 6.45) is 2.68. The Hall–Kier alpha value is -2.77. The molecule has 7 heteroatoms. The van der Waals surface area contributed by atoms with Crippen molar-refractivity contribution in [1.82, 2.24) is 9.29 Å². The summed E-state index contributed by atoms with van der Waals surface area (Å²) < 4.78 is 14.2. The van der Waals surface area contributed by atoms with Crippen LogP contribution in [0, 0.1) is 0 Å². The van der Waals surface area contributed by atoms with E-state index in [2.05, 4.69) is 77.5 Å². The zero-order chi connectivity index (χ0) is 25.8. The molecule has 0 amide bonds. The number of hydrogen-bond acceptors (Lipinski definition) is 6. The van der Waals surface area contributed by atoms with Crippen LogP contribution in [0.3, 0.4) is 0 Å². The Balaban J connectivity index is 1.35. The largest absolute Gasteiger partial charge is 0.439 e. The number of nitrogens with zero attached hydrogens (tertiary/aromatic N) is 3. The third kappa shape index (κ3) is 5.88. The van der Waals surface area contributed by atoms with Crippen molar-refractivity contribution >= 4 is 40.0 Å². The average molecular weight is 534 g/mol. The molecule has 1 saturated heterocycles. The average Bonchev–Trinajstić information content (AvgIpc) is 2.93. The highest BCUT2D eigenvalue weighted by atomic mass is 35.5. The van der Waals surface area contributed by atoms with Gasteiger partial charge in [-0.25, -0.2) is 9.29 Å².